The molecule has 0 heterocycles. The number of nitriles is 1. The van der Waals surface area contributed by atoms with E-state index in [1.807, 2.05) is 6.07 Å². The largest absolute Gasteiger partial charge is 0.504 e. The van der Waals surface area contributed by atoms with Crippen LogP contribution in [0, 0.1) is 11.3 Å². The molecule has 1 amide bonds. The summed E-state index contributed by atoms with van der Waals surface area (Å²) in [6.07, 6.45) is 3.47. The molecule has 5 nitrogen and oxygen atoms in total. The summed E-state index contributed by atoms with van der Waals surface area (Å²) in [6.45, 7) is 3.65. The standard InChI is InChI=1S/C20H17ClN2O3/c1-3-6-14-9-13(11-18(26-2)19(14)24)10-15(12-22)20(25)23-17-8-5-4-7-16(17)21/h3-5,7-11,24H,1,6H2,2H3,(H,23,25)/b15-10+. The molecule has 0 saturated heterocycles. The number of halogens is 1. The Balaban J connectivity index is 2.37. The van der Waals surface area contributed by atoms with E-state index in [-0.39, 0.29) is 17.1 Å². The maximum atomic E-state index is 12.4. The van der Waals surface area contributed by atoms with E-state index in [0.29, 0.717) is 28.3 Å². The number of para-hydroxylation sites is 1. The number of rotatable bonds is 6. The zero-order valence-corrected chi connectivity index (χ0v) is 14.9. The van der Waals surface area contributed by atoms with Gasteiger partial charge in [-0.15, -0.1) is 6.58 Å². The zero-order valence-electron chi connectivity index (χ0n) is 14.1. The van der Waals surface area contributed by atoms with E-state index in [9.17, 15) is 15.2 Å². The smallest absolute Gasteiger partial charge is 0.266 e. The topological polar surface area (TPSA) is 82.4 Å². The molecule has 0 fully saturated rings. The summed E-state index contributed by atoms with van der Waals surface area (Å²) in [7, 11) is 1.43. The SMILES string of the molecule is C=CCc1cc(/C=C(\C#N)C(=O)Nc2ccccc2Cl)cc(OC)c1O. The number of carbonyl (C=O) groups excluding carboxylic acids is 1. The summed E-state index contributed by atoms with van der Waals surface area (Å²) >= 11 is 6.02. The molecule has 0 bridgehead atoms. The number of aromatic hydroxyl groups is 1. The number of anilines is 1. The number of hydrogen-bond donors (Lipinski definition) is 2. The van der Waals surface area contributed by atoms with Crippen molar-refractivity contribution in [2.75, 3.05) is 12.4 Å². The summed E-state index contributed by atoms with van der Waals surface area (Å²) in [6, 6.07) is 11.8. The Bertz CT molecular complexity index is 914. The molecule has 0 unspecified atom stereocenters. The number of phenols is 1. The molecule has 132 valence electrons. The number of nitrogens with one attached hydrogen (secondary N) is 1. The van der Waals surface area contributed by atoms with E-state index in [0.717, 1.165) is 0 Å². The summed E-state index contributed by atoms with van der Waals surface area (Å²) in [5.74, 6) is -0.333. The molecule has 0 aromatic heterocycles. The Morgan fingerprint density at radius 3 is 2.77 bits per heavy atom. The maximum Gasteiger partial charge on any atom is 0.266 e. The Morgan fingerprint density at radius 2 is 2.15 bits per heavy atom. The highest BCUT2D eigenvalue weighted by molar-refractivity contribution is 6.34. The molecular formula is C20H17ClN2O3. The van der Waals surface area contributed by atoms with Crippen LogP contribution in [0.15, 0.2) is 54.6 Å². The van der Waals surface area contributed by atoms with Crippen LogP contribution in [-0.4, -0.2) is 18.1 Å². The minimum Gasteiger partial charge on any atom is -0.504 e. The van der Waals surface area contributed by atoms with Crippen LogP contribution in [0.1, 0.15) is 11.1 Å². The van der Waals surface area contributed by atoms with Gasteiger partial charge in [-0.3, -0.25) is 4.79 Å². The fourth-order valence-electron chi connectivity index (χ4n) is 2.31. The van der Waals surface area contributed by atoms with E-state index in [1.165, 1.54) is 13.2 Å². The van der Waals surface area contributed by atoms with Crippen molar-refractivity contribution in [2.24, 2.45) is 0 Å². The third-order valence-electron chi connectivity index (χ3n) is 3.56. The van der Waals surface area contributed by atoms with E-state index in [2.05, 4.69) is 11.9 Å². The Morgan fingerprint density at radius 1 is 1.42 bits per heavy atom. The molecule has 0 radical (unpaired) electrons. The minimum atomic E-state index is -0.585. The van der Waals surface area contributed by atoms with Crippen molar-refractivity contribution in [1.82, 2.24) is 0 Å². The number of methoxy groups -OCH3 is 1. The van der Waals surface area contributed by atoms with Crippen molar-refractivity contribution in [1.29, 1.82) is 5.26 Å². The first kappa shape index (κ1) is 19.1. The van der Waals surface area contributed by atoms with Gasteiger partial charge in [0.05, 0.1) is 17.8 Å². The quantitative estimate of drug-likeness (QED) is 0.451. The molecule has 0 atom stereocenters. The molecule has 0 aliphatic heterocycles. The van der Waals surface area contributed by atoms with Crippen molar-refractivity contribution in [3.05, 3.63) is 70.8 Å². The Hall–Kier alpha value is -3.23. The lowest BCUT2D eigenvalue weighted by Crippen LogP contribution is -2.13. The van der Waals surface area contributed by atoms with Gasteiger partial charge in [-0.1, -0.05) is 29.8 Å². The van der Waals surface area contributed by atoms with E-state index < -0.39 is 5.91 Å². The fourth-order valence-corrected chi connectivity index (χ4v) is 2.49. The molecule has 0 spiro atoms. The summed E-state index contributed by atoms with van der Waals surface area (Å²) in [4.78, 5) is 12.4. The molecule has 2 aromatic rings. The average molecular weight is 369 g/mol. The molecule has 2 rings (SSSR count). The molecule has 2 aromatic carbocycles. The Kier molecular flexibility index (Phi) is 6.42. The van der Waals surface area contributed by atoms with Gasteiger partial charge in [-0.25, -0.2) is 0 Å². The lowest BCUT2D eigenvalue weighted by molar-refractivity contribution is -0.112. The molecule has 0 aliphatic rings. The predicted octanol–water partition coefficient (Wildman–Crippen LogP) is 4.33. The normalized spacial score (nSPS) is 10.7. The monoisotopic (exact) mass is 368 g/mol. The van der Waals surface area contributed by atoms with Crippen LogP contribution in [0.4, 0.5) is 5.69 Å². The molecular weight excluding hydrogens is 352 g/mol. The van der Waals surface area contributed by atoms with Crippen molar-refractivity contribution in [3.8, 4) is 17.6 Å². The van der Waals surface area contributed by atoms with Gasteiger partial charge in [-0.05, 0) is 42.3 Å². The number of benzene rings is 2. The highest BCUT2D eigenvalue weighted by Crippen LogP contribution is 2.33. The zero-order chi connectivity index (χ0) is 19.1. The van der Waals surface area contributed by atoms with Crippen molar-refractivity contribution in [3.63, 3.8) is 0 Å². The van der Waals surface area contributed by atoms with Crippen LogP contribution in [0.3, 0.4) is 0 Å². The molecule has 0 aliphatic carbocycles. The lowest BCUT2D eigenvalue weighted by Gasteiger charge is -2.10. The van der Waals surface area contributed by atoms with E-state index in [4.69, 9.17) is 16.3 Å². The number of hydrogen-bond acceptors (Lipinski definition) is 4. The predicted molar refractivity (Wildman–Crippen MR) is 102 cm³/mol. The lowest BCUT2D eigenvalue weighted by atomic mass is 10.0. The van der Waals surface area contributed by atoms with Gasteiger partial charge < -0.3 is 15.2 Å². The molecule has 6 heteroatoms. The van der Waals surface area contributed by atoms with Crippen LogP contribution in [0.25, 0.3) is 6.08 Å². The number of phenolic OH excluding ortho intramolecular Hbond substituents is 1. The first-order valence-electron chi connectivity index (χ1n) is 7.68. The van der Waals surface area contributed by atoms with Crippen molar-refractivity contribution >= 4 is 29.3 Å². The Labute approximate surface area is 156 Å². The summed E-state index contributed by atoms with van der Waals surface area (Å²) < 4.78 is 5.15. The van der Waals surface area contributed by atoms with E-state index in [1.54, 1.807) is 42.5 Å². The van der Waals surface area contributed by atoms with E-state index >= 15 is 0 Å². The highest BCUT2D eigenvalue weighted by atomic mass is 35.5. The van der Waals surface area contributed by atoms with Gasteiger partial charge in [0, 0.05) is 5.56 Å². The highest BCUT2D eigenvalue weighted by Gasteiger charge is 2.13. The van der Waals surface area contributed by atoms with Crippen LogP contribution >= 0.6 is 11.6 Å². The third-order valence-corrected chi connectivity index (χ3v) is 3.89. The molecule has 26 heavy (non-hydrogen) atoms. The first-order valence-corrected chi connectivity index (χ1v) is 8.06. The molecule has 0 saturated carbocycles. The van der Waals surface area contributed by atoms with Gasteiger partial charge in [0.25, 0.3) is 5.91 Å². The van der Waals surface area contributed by atoms with Gasteiger partial charge in [0.2, 0.25) is 0 Å². The number of amides is 1. The fraction of sp³-hybridized carbons (Fsp3) is 0.100. The van der Waals surface area contributed by atoms with Crippen LogP contribution < -0.4 is 10.1 Å². The van der Waals surface area contributed by atoms with Gasteiger partial charge in [0.1, 0.15) is 11.6 Å². The number of allylic oxidation sites excluding steroid dienone is 1. The van der Waals surface area contributed by atoms with Gasteiger partial charge >= 0.3 is 0 Å². The summed E-state index contributed by atoms with van der Waals surface area (Å²) in [5, 5.41) is 22.4. The van der Waals surface area contributed by atoms with Crippen LogP contribution in [0.5, 0.6) is 11.5 Å². The first-order chi connectivity index (χ1) is 12.5. The number of nitrogens with zero attached hydrogens (tertiary/aromatic N) is 1. The van der Waals surface area contributed by atoms with Crippen LogP contribution in [0.2, 0.25) is 5.02 Å². The number of ether oxygens (including phenoxy) is 1. The van der Waals surface area contributed by atoms with Crippen molar-refractivity contribution in [2.45, 2.75) is 6.42 Å². The van der Waals surface area contributed by atoms with Gasteiger partial charge in [-0.2, -0.15) is 5.26 Å². The average Bonchev–Trinajstić information content (AvgIpc) is 2.64. The summed E-state index contributed by atoms with van der Waals surface area (Å²) in [5.41, 5.74) is 1.43. The van der Waals surface area contributed by atoms with Crippen LogP contribution in [-0.2, 0) is 11.2 Å². The second-order valence-electron chi connectivity index (χ2n) is 5.33. The molecule has 2 N–H and O–H groups in total. The van der Waals surface area contributed by atoms with Gasteiger partial charge in [0.15, 0.2) is 11.5 Å². The maximum absolute atomic E-state index is 12.4. The third kappa shape index (κ3) is 4.44. The second kappa shape index (κ2) is 8.75. The number of carbonyl (C=O) groups is 1. The minimum absolute atomic E-state index is 0.00331. The van der Waals surface area contributed by atoms with Crippen molar-refractivity contribution < 1.29 is 14.6 Å². The second-order valence-corrected chi connectivity index (χ2v) is 5.73.